The molecule has 2 rings (SSSR count). The molecular formula is C14H24N. The molecule has 1 aliphatic carbocycles. The van der Waals surface area contributed by atoms with E-state index in [0.717, 1.165) is 30.8 Å². The Balaban J connectivity index is 1.74. The fourth-order valence-electron chi connectivity index (χ4n) is 3.37. The van der Waals surface area contributed by atoms with Crippen LogP contribution in [0.2, 0.25) is 0 Å². The van der Waals surface area contributed by atoms with Gasteiger partial charge in [0.25, 0.3) is 0 Å². The van der Waals surface area contributed by atoms with E-state index in [0.29, 0.717) is 0 Å². The van der Waals surface area contributed by atoms with Gasteiger partial charge in [0.15, 0.2) is 0 Å². The van der Waals surface area contributed by atoms with E-state index in [4.69, 9.17) is 0 Å². The van der Waals surface area contributed by atoms with E-state index in [1.165, 1.54) is 44.9 Å². The minimum Gasteiger partial charge on any atom is -0.242 e. The number of allylic oxidation sites excluding steroid dienone is 1. The lowest BCUT2D eigenvalue weighted by molar-refractivity contribution is 0.173. The predicted octanol–water partition coefficient (Wildman–Crippen LogP) is 3.38. The topological polar surface area (TPSA) is 14.1 Å². The van der Waals surface area contributed by atoms with Crippen molar-refractivity contribution in [3.63, 3.8) is 0 Å². The summed E-state index contributed by atoms with van der Waals surface area (Å²) in [7, 11) is 0. The first-order valence-corrected chi connectivity index (χ1v) is 6.64. The zero-order chi connectivity index (χ0) is 10.5. The maximum atomic E-state index is 4.45. The minimum atomic E-state index is 0.951. The van der Waals surface area contributed by atoms with Crippen LogP contribution in [-0.2, 0) is 0 Å². The summed E-state index contributed by atoms with van der Waals surface area (Å²) >= 11 is 0. The molecule has 0 aromatic carbocycles. The van der Waals surface area contributed by atoms with Crippen LogP contribution < -0.4 is 5.32 Å². The van der Waals surface area contributed by atoms with Gasteiger partial charge in [-0.05, 0) is 62.7 Å². The average molecular weight is 206 g/mol. The van der Waals surface area contributed by atoms with Crippen molar-refractivity contribution >= 4 is 0 Å². The quantitative estimate of drug-likeness (QED) is 0.629. The molecule has 1 heterocycles. The van der Waals surface area contributed by atoms with E-state index in [2.05, 4.69) is 18.0 Å². The molecule has 0 aromatic heterocycles. The standard InChI is InChI=1S/C14H24N/c1-2-3-12-4-6-13(7-5-12)14-8-10-15-11-9-14/h2,12-14H,1,3-11H2/t12-,13-. The van der Waals surface area contributed by atoms with Gasteiger partial charge in [0, 0.05) is 13.1 Å². The molecule has 2 aliphatic rings. The van der Waals surface area contributed by atoms with Crippen molar-refractivity contribution in [3.05, 3.63) is 12.7 Å². The highest BCUT2D eigenvalue weighted by atomic mass is 14.9. The molecule has 2 fully saturated rings. The SMILES string of the molecule is C=CC[C@H]1CC[C@H](C2CC[N]CC2)CC1. The van der Waals surface area contributed by atoms with Crippen LogP contribution in [0.5, 0.6) is 0 Å². The monoisotopic (exact) mass is 206 g/mol. The molecule has 1 aliphatic heterocycles. The normalized spacial score (nSPS) is 33.9. The minimum absolute atomic E-state index is 0.951. The van der Waals surface area contributed by atoms with E-state index in [1.54, 1.807) is 0 Å². The van der Waals surface area contributed by atoms with Gasteiger partial charge in [0.2, 0.25) is 0 Å². The summed E-state index contributed by atoms with van der Waals surface area (Å²) in [5, 5.41) is 4.45. The Bertz CT molecular complexity index is 186. The van der Waals surface area contributed by atoms with Crippen LogP contribution in [0, 0.1) is 17.8 Å². The van der Waals surface area contributed by atoms with Crippen LogP contribution in [0.4, 0.5) is 0 Å². The first-order valence-electron chi connectivity index (χ1n) is 6.64. The predicted molar refractivity (Wildman–Crippen MR) is 64.9 cm³/mol. The summed E-state index contributed by atoms with van der Waals surface area (Å²) in [6, 6.07) is 0. The van der Waals surface area contributed by atoms with Gasteiger partial charge in [0.05, 0.1) is 0 Å². The molecule has 1 radical (unpaired) electrons. The number of rotatable bonds is 3. The molecule has 0 N–H and O–H groups in total. The van der Waals surface area contributed by atoms with Gasteiger partial charge in [-0.3, -0.25) is 0 Å². The molecule has 1 nitrogen and oxygen atoms in total. The maximum absolute atomic E-state index is 4.45. The summed E-state index contributed by atoms with van der Waals surface area (Å²) in [4.78, 5) is 0. The lowest BCUT2D eigenvalue weighted by Crippen LogP contribution is -2.30. The Morgan fingerprint density at radius 2 is 1.53 bits per heavy atom. The summed E-state index contributed by atoms with van der Waals surface area (Å²) in [5.74, 6) is 2.99. The van der Waals surface area contributed by atoms with Crippen LogP contribution in [0.15, 0.2) is 12.7 Å². The highest BCUT2D eigenvalue weighted by Crippen LogP contribution is 2.38. The fraction of sp³-hybridized carbons (Fsp3) is 0.857. The molecule has 0 aromatic rings. The first kappa shape index (κ1) is 11.2. The van der Waals surface area contributed by atoms with Crippen LogP contribution in [0.3, 0.4) is 0 Å². The smallest absolute Gasteiger partial charge is 0.0136 e. The van der Waals surface area contributed by atoms with Crippen molar-refractivity contribution < 1.29 is 0 Å². The zero-order valence-corrected chi connectivity index (χ0v) is 9.83. The van der Waals surface area contributed by atoms with E-state index in [9.17, 15) is 0 Å². The zero-order valence-electron chi connectivity index (χ0n) is 9.83. The van der Waals surface area contributed by atoms with Crippen molar-refractivity contribution in [1.82, 2.24) is 5.32 Å². The fourth-order valence-corrected chi connectivity index (χ4v) is 3.37. The third kappa shape index (κ3) is 3.07. The molecule has 0 spiro atoms. The molecule has 0 amide bonds. The van der Waals surface area contributed by atoms with Gasteiger partial charge in [0.1, 0.15) is 0 Å². The van der Waals surface area contributed by atoms with Crippen LogP contribution in [0.1, 0.15) is 44.9 Å². The molecule has 85 valence electrons. The Morgan fingerprint density at radius 1 is 0.933 bits per heavy atom. The van der Waals surface area contributed by atoms with Crippen LogP contribution in [-0.4, -0.2) is 13.1 Å². The van der Waals surface area contributed by atoms with E-state index >= 15 is 0 Å². The Hall–Kier alpha value is -0.300. The molecule has 0 unspecified atom stereocenters. The molecule has 1 heteroatoms. The lowest BCUT2D eigenvalue weighted by Gasteiger charge is -2.35. The third-order valence-corrected chi connectivity index (χ3v) is 4.37. The Morgan fingerprint density at radius 3 is 2.13 bits per heavy atom. The summed E-state index contributed by atoms with van der Waals surface area (Å²) in [6.45, 7) is 6.12. The first-order chi connectivity index (χ1) is 7.40. The van der Waals surface area contributed by atoms with Crippen molar-refractivity contribution in [2.45, 2.75) is 44.9 Å². The highest BCUT2D eigenvalue weighted by Gasteiger charge is 2.27. The van der Waals surface area contributed by atoms with Gasteiger partial charge < -0.3 is 0 Å². The highest BCUT2D eigenvalue weighted by molar-refractivity contribution is 4.83. The number of nitrogens with zero attached hydrogens (tertiary/aromatic N) is 1. The Labute approximate surface area is 94.3 Å². The maximum Gasteiger partial charge on any atom is 0.0136 e. The van der Waals surface area contributed by atoms with Crippen LogP contribution in [0.25, 0.3) is 0 Å². The van der Waals surface area contributed by atoms with E-state index in [1.807, 2.05) is 0 Å². The number of hydrogen-bond donors (Lipinski definition) is 0. The molecule has 0 atom stereocenters. The van der Waals surface area contributed by atoms with Gasteiger partial charge in [-0.25, -0.2) is 5.32 Å². The largest absolute Gasteiger partial charge is 0.242 e. The molecule has 0 bridgehead atoms. The van der Waals surface area contributed by atoms with Gasteiger partial charge in [-0.1, -0.05) is 6.08 Å². The molecular weight excluding hydrogens is 182 g/mol. The lowest BCUT2D eigenvalue weighted by atomic mass is 9.72. The van der Waals surface area contributed by atoms with E-state index < -0.39 is 0 Å². The second-order valence-electron chi connectivity index (χ2n) is 5.31. The Kier molecular flexibility index (Phi) is 4.25. The van der Waals surface area contributed by atoms with Gasteiger partial charge in [-0.2, -0.15) is 0 Å². The second kappa shape index (κ2) is 5.69. The van der Waals surface area contributed by atoms with Crippen molar-refractivity contribution in [1.29, 1.82) is 0 Å². The van der Waals surface area contributed by atoms with Gasteiger partial charge in [-0.15, -0.1) is 6.58 Å². The second-order valence-corrected chi connectivity index (χ2v) is 5.31. The molecule has 1 saturated heterocycles. The van der Waals surface area contributed by atoms with Gasteiger partial charge >= 0.3 is 0 Å². The van der Waals surface area contributed by atoms with Crippen molar-refractivity contribution in [3.8, 4) is 0 Å². The number of hydrogen-bond acceptors (Lipinski definition) is 0. The summed E-state index contributed by atoms with van der Waals surface area (Å²) < 4.78 is 0. The molecule has 1 saturated carbocycles. The van der Waals surface area contributed by atoms with Crippen molar-refractivity contribution in [2.75, 3.05) is 13.1 Å². The molecule has 15 heavy (non-hydrogen) atoms. The van der Waals surface area contributed by atoms with Crippen LogP contribution >= 0.6 is 0 Å². The summed E-state index contributed by atoms with van der Waals surface area (Å²) in [5.41, 5.74) is 0. The number of piperidine rings is 1. The summed E-state index contributed by atoms with van der Waals surface area (Å²) in [6.07, 6.45) is 11.9. The van der Waals surface area contributed by atoms with E-state index in [-0.39, 0.29) is 0 Å². The third-order valence-electron chi connectivity index (χ3n) is 4.37. The van der Waals surface area contributed by atoms with Crippen molar-refractivity contribution in [2.24, 2.45) is 17.8 Å². The average Bonchev–Trinajstić information content (AvgIpc) is 2.32.